The molecule has 0 aliphatic rings. The van der Waals surface area contributed by atoms with Crippen LogP contribution in [0, 0.1) is 12.8 Å². The van der Waals surface area contributed by atoms with Gasteiger partial charge in [0, 0.05) is 17.7 Å². The maximum Gasteiger partial charge on any atom is 0.412 e. The lowest BCUT2D eigenvalue weighted by Gasteiger charge is -2.23. The molecular weight excluding hydrogens is 348 g/mol. The van der Waals surface area contributed by atoms with E-state index in [1.165, 1.54) is 23.7 Å². The number of anilines is 1. The molecule has 27 heavy (non-hydrogen) atoms. The van der Waals surface area contributed by atoms with Gasteiger partial charge in [-0.2, -0.15) is 0 Å². The summed E-state index contributed by atoms with van der Waals surface area (Å²) in [6.07, 6.45) is 1.31. The first-order valence-electron chi connectivity index (χ1n) is 8.34. The second-order valence-electron chi connectivity index (χ2n) is 6.10. The largest absolute Gasteiger partial charge is 0.508 e. The molecule has 2 atom stereocenters. The lowest BCUT2D eigenvalue weighted by atomic mass is 9.96. The van der Waals surface area contributed by atoms with E-state index in [9.17, 15) is 14.7 Å². The van der Waals surface area contributed by atoms with Gasteiger partial charge in [-0.15, -0.1) is 0 Å². The van der Waals surface area contributed by atoms with Crippen LogP contribution in [0.15, 0.2) is 60.7 Å². The van der Waals surface area contributed by atoms with Crippen molar-refractivity contribution in [3.63, 3.8) is 0 Å². The molecule has 0 aliphatic carbocycles. The molecule has 0 fully saturated rings. The fraction of sp³-hybridized carbons (Fsp3) is 0.200. The Labute approximate surface area is 157 Å². The van der Waals surface area contributed by atoms with E-state index in [-0.39, 0.29) is 11.7 Å². The molecule has 0 saturated heterocycles. The van der Waals surface area contributed by atoms with Crippen molar-refractivity contribution < 1.29 is 24.6 Å². The molecule has 2 rings (SSSR count). The summed E-state index contributed by atoms with van der Waals surface area (Å²) in [7, 11) is 0. The average Bonchev–Trinajstić information content (AvgIpc) is 2.66. The van der Waals surface area contributed by atoms with Crippen LogP contribution in [0.5, 0.6) is 5.75 Å². The SMILES string of the molecule is Cc1ccc(NC(=O)O[C@@H](c2ccc(O)cc2)[C@@H](C)/C=C/C(=O)NO)cc1. The van der Waals surface area contributed by atoms with Gasteiger partial charge in [-0.1, -0.05) is 42.8 Å². The number of aryl methyl sites for hydroxylation is 1. The standard InChI is InChI=1S/C20H22N2O5/c1-13-3-8-16(9-4-13)21-20(25)27-19(14(2)5-12-18(24)22-26)15-6-10-17(23)11-7-15/h3-12,14,19,23,26H,1-2H3,(H,21,25)(H,22,24)/b12-5+/t14-,19+/m0/s1. The molecule has 142 valence electrons. The number of hydroxylamine groups is 1. The summed E-state index contributed by atoms with van der Waals surface area (Å²) >= 11 is 0. The first kappa shape index (κ1) is 20.0. The lowest BCUT2D eigenvalue weighted by molar-refractivity contribution is -0.124. The quantitative estimate of drug-likeness (QED) is 0.352. The summed E-state index contributed by atoms with van der Waals surface area (Å²) in [5.74, 6) is -0.976. The Morgan fingerprint density at radius 3 is 2.30 bits per heavy atom. The predicted molar refractivity (Wildman–Crippen MR) is 100 cm³/mol. The van der Waals surface area contributed by atoms with Crippen LogP contribution < -0.4 is 10.8 Å². The summed E-state index contributed by atoms with van der Waals surface area (Å²) in [5, 5.41) is 20.7. The van der Waals surface area contributed by atoms with Crippen molar-refractivity contribution in [3.05, 3.63) is 71.8 Å². The Morgan fingerprint density at radius 1 is 1.07 bits per heavy atom. The molecule has 0 aromatic heterocycles. The highest BCUT2D eigenvalue weighted by Gasteiger charge is 2.22. The van der Waals surface area contributed by atoms with Crippen LogP contribution in [0.25, 0.3) is 0 Å². The van der Waals surface area contributed by atoms with Crippen LogP contribution in [-0.2, 0) is 9.53 Å². The van der Waals surface area contributed by atoms with Crippen molar-refractivity contribution >= 4 is 17.7 Å². The number of carbonyl (C=O) groups excluding carboxylic acids is 2. The van der Waals surface area contributed by atoms with Gasteiger partial charge in [0.05, 0.1) is 0 Å². The summed E-state index contributed by atoms with van der Waals surface area (Å²) in [6.45, 7) is 3.71. The number of rotatable bonds is 6. The summed E-state index contributed by atoms with van der Waals surface area (Å²) < 4.78 is 5.56. The van der Waals surface area contributed by atoms with Crippen LogP contribution in [0.4, 0.5) is 10.5 Å². The number of phenols is 1. The normalized spacial score (nSPS) is 13.0. The Balaban J connectivity index is 2.16. The number of phenolic OH excluding ortho intramolecular Hbond substituents is 1. The van der Waals surface area contributed by atoms with Gasteiger partial charge in [-0.25, -0.2) is 10.3 Å². The average molecular weight is 370 g/mol. The number of nitrogens with one attached hydrogen (secondary N) is 2. The Kier molecular flexibility index (Phi) is 6.96. The molecule has 0 spiro atoms. The third-order valence-corrected chi connectivity index (χ3v) is 3.89. The topological polar surface area (TPSA) is 108 Å². The highest BCUT2D eigenvalue weighted by molar-refractivity contribution is 5.86. The first-order valence-corrected chi connectivity index (χ1v) is 8.34. The number of ether oxygens (including phenoxy) is 1. The number of aromatic hydroxyl groups is 1. The zero-order valence-corrected chi connectivity index (χ0v) is 15.0. The molecule has 0 heterocycles. The predicted octanol–water partition coefficient (Wildman–Crippen LogP) is 3.69. The number of benzene rings is 2. The summed E-state index contributed by atoms with van der Waals surface area (Å²) in [4.78, 5) is 23.5. The van der Waals surface area contributed by atoms with Crippen molar-refractivity contribution in [1.82, 2.24) is 5.48 Å². The molecule has 2 aromatic rings. The second kappa shape index (κ2) is 9.40. The lowest BCUT2D eigenvalue weighted by Crippen LogP contribution is -2.22. The maximum absolute atomic E-state index is 12.3. The van der Waals surface area contributed by atoms with Gasteiger partial charge >= 0.3 is 6.09 Å². The van der Waals surface area contributed by atoms with Gasteiger partial charge in [0.15, 0.2) is 0 Å². The molecule has 2 aromatic carbocycles. The number of amides is 2. The minimum Gasteiger partial charge on any atom is -0.508 e. The third-order valence-electron chi connectivity index (χ3n) is 3.89. The summed E-state index contributed by atoms with van der Waals surface area (Å²) in [5.41, 5.74) is 3.81. The Morgan fingerprint density at radius 2 is 1.70 bits per heavy atom. The maximum atomic E-state index is 12.3. The van der Waals surface area contributed by atoms with Crippen molar-refractivity contribution in [1.29, 1.82) is 0 Å². The molecule has 0 radical (unpaired) electrons. The zero-order valence-electron chi connectivity index (χ0n) is 15.0. The van der Waals surface area contributed by atoms with E-state index in [0.717, 1.165) is 11.6 Å². The van der Waals surface area contributed by atoms with Crippen molar-refractivity contribution in [2.24, 2.45) is 5.92 Å². The first-order chi connectivity index (χ1) is 12.9. The van der Waals surface area contributed by atoms with Crippen LogP contribution in [-0.4, -0.2) is 22.3 Å². The monoisotopic (exact) mass is 370 g/mol. The van der Waals surface area contributed by atoms with Crippen LogP contribution in [0.2, 0.25) is 0 Å². The molecular formula is C20H22N2O5. The van der Waals surface area contributed by atoms with Crippen molar-refractivity contribution in [2.75, 3.05) is 5.32 Å². The van der Waals surface area contributed by atoms with Crippen LogP contribution in [0.3, 0.4) is 0 Å². The zero-order chi connectivity index (χ0) is 19.8. The molecule has 4 N–H and O–H groups in total. The van der Waals surface area contributed by atoms with E-state index in [1.54, 1.807) is 31.2 Å². The van der Waals surface area contributed by atoms with E-state index in [0.29, 0.717) is 11.3 Å². The van der Waals surface area contributed by atoms with E-state index in [4.69, 9.17) is 9.94 Å². The van der Waals surface area contributed by atoms with E-state index >= 15 is 0 Å². The number of hydrogen-bond acceptors (Lipinski definition) is 5. The van der Waals surface area contributed by atoms with Crippen molar-refractivity contribution in [3.8, 4) is 5.75 Å². The summed E-state index contributed by atoms with van der Waals surface area (Å²) in [6, 6.07) is 13.5. The Bertz CT molecular complexity index is 800. The molecule has 2 amide bonds. The fourth-order valence-corrected chi connectivity index (χ4v) is 2.42. The van der Waals surface area contributed by atoms with E-state index < -0.39 is 18.1 Å². The molecule has 7 heteroatoms. The second-order valence-corrected chi connectivity index (χ2v) is 6.10. The van der Waals surface area contributed by atoms with Gasteiger partial charge < -0.3 is 9.84 Å². The number of carbonyl (C=O) groups is 2. The van der Waals surface area contributed by atoms with Gasteiger partial charge in [0.25, 0.3) is 5.91 Å². The minimum atomic E-state index is -0.709. The highest BCUT2D eigenvalue weighted by atomic mass is 16.6. The third kappa shape index (κ3) is 6.16. The van der Waals surface area contributed by atoms with E-state index in [1.807, 2.05) is 19.1 Å². The van der Waals surface area contributed by atoms with Gasteiger partial charge in [-0.05, 0) is 36.8 Å². The van der Waals surface area contributed by atoms with Gasteiger partial charge in [0.2, 0.25) is 0 Å². The highest BCUT2D eigenvalue weighted by Crippen LogP contribution is 2.29. The van der Waals surface area contributed by atoms with Crippen LogP contribution >= 0.6 is 0 Å². The molecule has 0 bridgehead atoms. The van der Waals surface area contributed by atoms with Gasteiger partial charge in [-0.3, -0.25) is 15.3 Å². The molecule has 0 saturated carbocycles. The van der Waals surface area contributed by atoms with Gasteiger partial charge in [0.1, 0.15) is 11.9 Å². The van der Waals surface area contributed by atoms with Crippen molar-refractivity contribution in [2.45, 2.75) is 20.0 Å². The van der Waals surface area contributed by atoms with E-state index in [2.05, 4.69) is 5.32 Å². The van der Waals surface area contributed by atoms with Crippen LogP contribution in [0.1, 0.15) is 24.2 Å². The fourth-order valence-electron chi connectivity index (χ4n) is 2.42. The minimum absolute atomic E-state index is 0.0875. The Hall–Kier alpha value is -3.32. The molecule has 0 unspecified atom stereocenters. The molecule has 7 nitrogen and oxygen atoms in total. The number of hydrogen-bond donors (Lipinski definition) is 4. The smallest absolute Gasteiger partial charge is 0.412 e. The molecule has 0 aliphatic heterocycles.